The van der Waals surface area contributed by atoms with E-state index in [0.717, 1.165) is 0 Å². The average Bonchev–Trinajstić information content (AvgIpc) is 2.83. The first-order valence-corrected chi connectivity index (χ1v) is 16.2. The van der Waals surface area contributed by atoms with E-state index in [9.17, 15) is 0 Å². The van der Waals surface area contributed by atoms with E-state index in [1.807, 2.05) is 0 Å². The third kappa shape index (κ3) is 32.0. The van der Waals surface area contributed by atoms with Crippen LogP contribution in [-0.4, -0.2) is 0 Å². The molecule has 0 bridgehead atoms. The highest BCUT2D eigenvalue weighted by Gasteiger charge is 1.96. The van der Waals surface area contributed by atoms with Gasteiger partial charge < -0.3 is 0 Å². The summed E-state index contributed by atoms with van der Waals surface area (Å²) in [5.74, 6) is 0. The molecular formula is C33H67. The maximum Gasteiger partial charge on any atom is -0.0386 e. The molecule has 0 aromatic heterocycles. The zero-order valence-electron chi connectivity index (χ0n) is 23.8. The average molecular weight is 464 g/mol. The van der Waals surface area contributed by atoms with E-state index >= 15 is 0 Å². The van der Waals surface area contributed by atoms with Gasteiger partial charge in [0.1, 0.15) is 0 Å². The molecule has 0 aromatic rings. The minimum Gasteiger partial charge on any atom is -0.0654 e. The monoisotopic (exact) mass is 464 g/mol. The molecule has 0 fully saturated rings. The van der Waals surface area contributed by atoms with Crippen molar-refractivity contribution in [3.63, 3.8) is 0 Å². The Kier molecular flexibility index (Phi) is 32.0. The lowest BCUT2D eigenvalue weighted by Crippen LogP contribution is -1.85. The second-order valence-electron chi connectivity index (χ2n) is 11.1. The molecular weight excluding hydrogens is 396 g/mol. The van der Waals surface area contributed by atoms with Crippen molar-refractivity contribution in [3.05, 3.63) is 6.42 Å². The van der Waals surface area contributed by atoms with Gasteiger partial charge in [-0.15, -0.1) is 0 Å². The van der Waals surface area contributed by atoms with Crippen molar-refractivity contribution >= 4 is 0 Å². The molecule has 0 unspecified atom stereocenters. The summed E-state index contributed by atoms with van der Waals surface area (Å²) >= 11 is 0. The molecule has 0 heterocycles. The molecule has 1 radical (unpaired) electrons. The molecule has 33 heavy (non-hydrogen) atoms. The highest BCUT2D eigenvalue weighted by atomic mass is 14.0. The van der Waals surface area contributed by atoms with Crippen molar-refractivity contribution < 1.29 is 0 Å². The Morgan fingerprint density at radius 1 is 0.242 bits per heavy atom. The topological polar surface area (TPSA) is 0 Å². The van der Waals surface area contributed by atoms with E-state index in [0.29, 0.717) is 0 Å². The molecule has 199 valence electrons. The second kappa shape index (κ2) is 32.0. The minimum absolute atomic E-state index is 1.37. The van der Waals surface area contributed by atoms with Gasteiger partial charge in [-0.3, -0.25) is 0 Å². The van der Waals surface area contributed by atoms with Crippen molar-refractivity contribution in [3.8, 4) is 0 Å². The van der Waals surface area contributed by atoms with Gasteiger partial charge >= 0.3 is 0 Å². The van der Waals surface area contributed by atoms with E-state index in [1.54, 1.807) is 0 Å². The highest BCUT2D eigenvalue weighted by Crippen LogP contribution is 2.16. The van der Waals surface area contributed by atoms with Gasteiger partial charge in [-0.05, 0) is 6.42 Å². The lowest BCUT2D eigenvalue weighted by atomic mass is 10.0. The SMILES string of the molecule is CCCCCCCCCCCC[CH]CCCCCCCCCCCCCCCCCCCC. The number of rotatable bonds is 30. The smallest absolute Gasteiger partial charge is 0.0386 e. The van der Waals surface area contributed by atoms with Crippen LogP contribution < -0.4 is 0 Å². The molecule has 0 nitrogen and oxygen atoms in total. The molecule has 0 spiro atoms. The first kappa shape index (κ1) is 33.0. The van der Waals surface area contributed by atoms with Crippen LogP contribution in [0.1, 0.15) is 206 Å². The fraction of sp³-hybridized carbons (Fsp3) is 0.970. The van der Waals surface area contributed by atoms with Crippen LogP contribution in [0, 0.1) is 6.42 Å². The van der Waals surface area contributed by atoms with E-state index in [-0.39, 0.29) is 0 Å². The maximum atomic E-state index is 2.58. The van der Waals surface area contributed by atoms with Gasteiger partial charge in [0, 0.05) is 0 Å². The number of unbranched alkanes of at least 4 members (excludes halogenated alkanes) is 30. The summed E-state index contributed by atoms with van der Waals surface area (Å²) in [7, 11) is 0. The standard InChI is InChI=1S/C33H67/c1-3-5-7-9-11-13-15-17-19-21-23-25-27-29-31-33-32-30-28-26-24-22-20-18-16-14-12-10-8-6-4-2/h25H,3-24,26-33H2,1-2H3. The Hall–Kier alpha value is 0. The van der Waals surface area contributed by atoms with Gasteiger partial charge in [-0.2, -0.15) is 0 Å². The molecule has 0 rings (SSSR count). The van der Waals surface area contributed by atoms with Gasteiger partial charge in [0.2, 0.25) is 0 Å². The fourth-order valence-corrected chi connectivity index (χ4v) is 5.11. The van der Waals surface area contributed by atoms with Crippen LogP contribution in [0.25, 0.3) is 0 Å². The molecule has 0 aliphatic rings. The van der Waals surface area contributed by atoms with Crippen molar-refractivity contribution in [1.29, 1.82) is 0 Å². The third-order valence-corrected chi connectivity index (χ3v) is 7.52. The van der Waals surface area contributed by atoms with Gasteiger partial charge in [0.05, 0.1) is 0 Å². The van der Waals surface area contributed by atoms with Crippen LogP contribution in [-0.2, 0) is 0 Å². The molecule has 0 atom stereocenters. The molecule has 0 saturated carbocycles. The summed E-state index contributed by atoms with van der Waals surface area (Å²) in [6.45, 7) is 4.61. The van der Waals surface area contributed by atoms with Crippen LogP contribution in [0.3, 0.4) is 0 Å². The summed E-state index contributed by atoms with van der Waals surface area (Å²) in [5, 5.41) is 0. The lowest BCUT2D eigenvalue weighted by Gasteiger charge is -2.04. The normalized spacial score (nSPS) is 11.5. The zero-order valence-corrected chi connectivity index (χ0v) is 23.8. The minimum atomic E-state index is 1.37. The van der Waals surface area contributed by atoms with Crippen LogP contribution in [0.15, 0.2) is 0 Å². The Morgan fingerprint density at radius 3 is 0.636 bits per heavy atom. The molecule has 0 aromatic carbocycles. The molecule has 0 saturated heterocycles. The molecule has 0 aliphatic heterocycles. The predicted molar refractivity (Wildman–Crippen MR) is 154 cm³/mol. The van der Waals surface area contributed by atoms with Crippen LogP contribution in [0.5, 0.6) is 0 Å². The summed E-state index contributed by atoms with van der Waals surface area (Å²) in [6.07, 6.45) is 46.4. The predicted octanol–water partition coefficient (Wildman–Crippen LogP) is 12.9. The number of hydrogen-bond acceptors (Lipinski definition) is 0. The first-order chi connectivity index (χ1) is 16.4. The summed E-state index contributed by atoms with van der Waals surface area (Å²) in [5.41, 5.74) is 0. The summed E-state index contributed by atoms with van der Waals surface area (Å²) in [4.78, 5) is 0. The lowest BCUT2D eigenvalue weighted by molar-refractivity contribution is 0.524. The molecule has 0 N–H and O–H groups in total. The van der Waals surface area contributed by atoms with Gasteiger partial charge in [-0.25, -0.2) is 0 Å². The highest BCUT2D eigenvalue weighted by molar-refractivity contribution is 4.64. The first-order valence-electron chi connectivity index (χ1n) is 16.2. The zero-order chi connectivity index (χ0) is 23.9. The van der Waals surface area contributed by atoms with Crippen molar-refractivity contribution in [2.75, 3.05) is 0 Å². The Bertz CT molecular complexity index is 277. The second-order valence-corrected chi connectivity index (χ2v) is 11.1. The van der Waals surface area contributed by atoms with E-state index in [2.05, 4.69) is 20.3 Å². The van der Waals surface area contributed by atoms with Crippen molar-refractivity contribution in [2.45, 2.75) is 206 Å². The molecule has 0 amide bonds. The summed E-state index contributed by atoms with van der Waals surface area (Å²) in [6, 6.07) is 0. The summed E-state index contributed by atoms with van der Waals surface area (Å²) < 4.78 is 0. The third-order valence-electron chi connectivity index (χ3n) is 7.52. The van der Waals surface area contributed by atoms with Crippen LogP contribution in [0.4, 0.5) is 0 Å². The molecule has 0 heteroatoms. The van der Waals surface area contributed by atoms with Gasteiger partial charge in [0.15, 0.2) is 0 Å². The van der Waals surface area contributed by atoms with E-state index in [4.69, 9.17) is 0 Å². The van der Waals surface area contributed by atoms with Gasteiger partial charge in [-0.1, -0.05) is 206 Å². The van der Waals surface area contributed by atoms with Gasteiger partial charge in [0.25, 0.3) is 0 Å². The van der Waals surface area contributed by atoms with E-state index < -0.39 is 0 Å². The quantitative estimate of drug-likeness (QED) is 0.0929. The molecule has 0 aliphatic carbocycles. The number of hydrogen-bond donors (Lipinski definition) is 0. The largest absolute Gasteiger partial charge is 0.0654 e. The Labute approximate surface area is 212 Å². The van der Waals surface area contributed by atoms with E-state index in [1.165, 1.54) is 193 Å². The van der Waals surface area contributed by atoms with Crippen LogP contribution in [0.2, 0.25) is 0 Å². The Balaban J connectivity index is 2.99. The van der Waals surface area contributed by atoms with Crippen molar-refractivity contribution in [2.24, 2.45) is 0 Å². The fourth-order valence-electron chi connectivity index (χ4n) is 5.11. The maximum absolute atomic E-state index is 2.58. The van der Waals surface area contributed by atoms with Crippen molar-refractivity contribution in [1.82, 2.24) is 0 Å². The Morgan fingerprint density at radius 2 is 0.424 bits per heavy atom. The van der Waals surface area contributed by atoms with Crippen LogP contribution >= 0.6 is 0 Å².